The number of hydrogen-bond donors (Lipinski definition) is 0. The van der Waals surface area contributed by atoms with Gasteiger partial charge in [-0.3, -0.25) is 0 Å². The molecule has 0 bridgehead atoms. The van der Waals surface area contributed by atoms with E-state index in [2.05, 4.69) is 0 Å². The molecule has 7 heteroatoms. The summed E-state index contributed by atoms with van der Waals surface area (Å²) in [6.45, 7) is 0. The van der Waals surface area contributed by atoms with Gasteiger partial charge in [-0.05, 0) is 0 Å². The number of rotatable bonds is 4. The molecule has 0 saturated heterocycles. The normalized spacial score (nSPS) is 11.9. The summed E-state index contributed by atoms with van der Waals surface area (Å²) in [4.78, 5) is 36.1. The first kappa shape index (κ1) is 25.0. The summed E-state index contributed by atoms with van der Waals surface area (Å²) in [7, 11) is -5.41. The van der Waals surface area contributed by atoms with E-state index in [1.54, 1.807) is 60.7 Å². The van der Waals surface area contributed by atoms with E-state index in [1.807, 2.05) is 0 Å². The van der Waals surface area contributed by atoms with Crippen molar-refractivity contribution in [3.05, 3.63) is 71.8 Å². The van der Waals surface area contributed by atoms with Crippen molar-refractivity contribution in [2.24, 2.45) is 0 Å². The Labute approximate surface area is 192 Å². The molecule has 0 aliphatic carbocycles. The van der Waals surface area contributed by atoms with E-state index in [4.69, 9.17) is 0 Å². The Balaban J connectivity index is 0. The Bertz CT molecular complexity index is 470. The van der Waals surface area contributed by atoms with Crippen LogP contribution in [0.3, 0.4) is 0 Å². The molecule has 0 spiro atoms. The molecule has 0 aliphatic heterocycles. The van der Waals surface area contributed by atoms with Crippen molar-refractivity contribution >= 4 is 7.28 Å². The summed E-state index contributed by atoms with van der Waals surface area (Å²) >= 11 is 0. The monoisotopic (exact) mass is 330 g/mol. The van der Waals surface area contributed by atoms with Crippen molar-refractivity contribution in [1.29, 1.82) is 0 Å². The molecule has 2 rings (SSSR count). The van der Waals surface area contributed by atoms with E-state index in [1.165, 1.54) is 0 Å². The maximum atomic E-state index is 12.0. The minimum atomic E-state index is -5.41. The summed E-state index contributed by atoms with van der Waals surface area (Å²) < 4.78 is 0. The fourth-order valence-electron chi connectivity index (χ4n) is 1.93. The van der Waals surface area contributed by atoms with Gasteiger partial charge in [0.2, 0.25) is 0 Å². The molecule has 0 atom stereocenters. The van der Waals surface area contributed by atoms with E-state index in [0.717, 1.165) is 0 Å². The average molecular weight is 330 g/mol. The van der Waals surface area contributed by atoms with Crippen molar-refractivity contribution in [3.63, 3.8) is 0 Å². The first-order valence-corrected chi connectivity index (χ1v) is 8.07. The van der Waals surface area contributed by atoms with Gasteiger partial charge < -0.3 is 0 Å². The molecule has 0 unspecified atom stereocenters. The topological polar surface area (TPSA) is 69.2 Å². The standard InChI is InChI=1S/C14H14O3P.3Na/c15-18(16,17,11-13-7-3-1-4-8-13)12-14-9-5-2-6-10-14;;;/h1-10H,11-12H2;;;/q-3;3*+1. The second-order valence-corrected chi connectivity index (χ2v) is 7.59. The van der Waals surface area contributed by atoms with Crippen molar-refractivity contribution in [2.75, 3.05) is 0 Å². The number of hydrogen-bond acceptors (Lipinski definition) is 3. The first-order chi connectivity index (χ1) is 8.42. The van der Waals surface area contributed by atoms with E-state index >= 15 is 0 Å². The summed E-state index contributed by atoms with van der Waals surface area (Å²) in [5.74, 6) is 0. The van der Waals surface area contributed by atoms with Gasteiger partial charge in [-0.25, -0.2) is 0 Å². The maximum absolute atomic E-state index is 12.0. The van der Waals surface area contributed by atoms with Crippen LogP contribution in [0.15, 0.2) is 60.7 Å². The van der Waals surface area contributed by atoms with Crippen LogP contribution in [0.25, 0.3) is 0 Å². The third-order valence-corrected chi connectivity index (χ3v) is 4.61. The second-order valence-electron chi connectivity index (χ2n) is 4.51. The van der Waals surface area contributed by atoms with Crippen LogP contribution in [0.5, 0.6) is 0 Å². The Hall–Kier alpha value is 1.75. The molecule has 2 aromatic carbocycles. The summed E-state index contributed by atoms with van der Waals surface area (Å²) in [6.07, 6.45) is -0.886. The molecule has 21 heavy (non-hydrogen) atoms. The Morgan fingerprint density at radius 3 is 1.14 bits per heavy atom. The van der Waals surface area contributed by atoms with Gasteiger partial charge in [0, 0.05) is 0 Å². The molecule has 0 aliphatic rings. The molecule has 0 fully saturated rings. The first-order valence-electron chi connectivity index (χ1n) is 5.71. The number of benzene rings is 2. The second kappa shape index (κ2) is 10.6. The van der Waals surface area contributed by atoms with Crippen molar-refractivity contribution < 1.29 is 103 Å². The van der Waals surface area contributed by atoms with E-state index < -0.39 is 19.6 Å². The van der Waals surface area contributed by atoms with Crippen molar-refractivity contribution in [1.82, 2.24) is 0 Å². The van der Waals surface area contributed by atoms with Crippen LogP contribution in [0.4, 0.5) is 0 Å². The van der Waals surface area contributed by atoms with Gasteiger partial charge >= 0.3 is 195 Å². The molecule has 0 radical (unpaired) electrons. The Morgan fingerprint density at radius 2 is 0.857 bits per heavy atom. The minimum absolute atomic E-state index is 0. The zero-order valence-corrected chi connectivity index (χ0v) is 19.8. The fraction of sp³-hybridized carbons (Fsp3) is 0.143. The van der Waals surface area contributed by atoms with Gasteiger partial charge in [-0.15, -0.1) is 0 Å². The van der Waals surface area contributed by atoms with Crippen LogP contribution in [-0.4, -0.2) is 0 Å². The molecule has 0 aromatic heterocycles. The van der Waals surface area contributed by atoms with Crippen LogP contribution in [0.2, 0.25) is 0 Å². The van der Waals surface area contributed by atoms with Crippen molar-refractivity contribution in [3.8, 4) is 0 Å². The predicted molar refractivity (Wildman–Crippen MR) is 67.2 cm³/mol. The summed E-state index contributed by atoms with van der Waals surface area (Å²) in [5, 5.41) is 0. The summed E-state index contributed by atoms with van der Waals surface area (Å²) in [6, 6.07) is 17.1. The van der Waals surface area contributed by atoms with Crippen LogP contribution in [0.1, 0.15) is 11.1 Å². The molecular weight excluding hydrogens is 316 g/mol. The zero-order chi connectivity index (χ0) is 13.1. The quantitative estimate of drug-likeness (QED) is 0.413. The van der Waals surface area contributed by atoms with Gasteiger partial charge in [-0.1, -0.05) is 0 Å². The molecule has 3 nitrogen and oxygen atoms in total. The van der Waals surface area contributed by atoms with Gasteiger partial charge in [0.25, 0.3) is 0 Å². The molecule has 0 heterocycles. The Morgan fingerprint density at radius 1 is 0.571 bits per heavy atom. The van der Waals surface area contributed by atoms with Gasteiger partial charge in [0.15, 0.2) is 0 Å². The van der Waals surface area contributed by atoms with Gasteiger partial charge in [0.05, 0.1) is 0 Å². The average Bonchev–Trinajstić information content (AvgIpc) is 2.29. The molecule has 0 amide bonds. The third-order valence-electron chi connectivity index (χ3n) is 2.66. The van der Waals surface area contributed by atoms with E-state index in [9.17, 15) is 14.7 Å². The molecule has 0 N–H and O–H groups in total. The molecule has 2 aromatic rings. The third kappa shape index (κ3) is 9.59. The van der Waals surface area contributed by atoms with Crippen LogP contribution < -0.4 is 103 Å². The van der Waals surface area contributed by atoms with Crippen molar-refractivity contribution in [2.45, 2.75) is 12.3 Å². The van der Waals surface area contributed by atoms with Crippen LogP contribution in [-0.2, 0) is 12.3 Å². The zero-order valence-electron chi connectivity index (χ0n) is 12.9. The summed E-state index contributed by atoms with van der Waals surface area (Å²) in [5.41, 5.74) is 1.07. The predicted octanol–water partition coefficient (Wildman–Crippen LogP) is -8.22. The fourth-order valence-corrected chi connectivity index (χ4v) is 3.87. The van der Waals surface area contributed by atoms with Gasteiger partial charge in [-0.2, -0.15) is 0 Å². The van der Waals surface area contributed by atoms with E-state index in [-0.39, 0.29) is 88.7 Å². The SMILES string of the molecule is [Na+].[Na+].[Na+].[O-]P([O-])([O-])(Cc1ccccc1)Cc1ccccc1. The van der Waals surface area contributed by atoms with Crippen LogP contribution >= 0.6 is 7.28 Å². The molecular formula is C14H14Na3O3P. The van der Waals surface area contributed by atoms with E-state index in [0.29, 0.717) is 11.1 Å². The molecule has 96 valence electrons. The van der Waals surface area contributed by atoms with Crippen LogP contribution in [0, 0.1) is 0 Å². The van der Waals surface area contributed by atoms with Gasteiger partial charge in [0.1, 0.15) is 0 Å². The Kier molecular flexibility index (Phi) is 12.6. The molecule has 0 saturated carbocycles.